The molecule has 4 heterocycles. The van der Waals surface area contributed by atoms with Crippen molar-refractivity contribution in [1.82, 2.24) is 29.5 Å². The van der Waals surface area contributed by atoms with Crippen LogP contribution in [0.15, 0.2) is 24.3 Å². The molecular weight excluding hydrogens is 368 g/mol. The summed E-state index contributed by atoms with van der Waals surface area (Å²) in [4.78, 5) is 20.7. The lowest BCUT2D eigenvalue weighted by atomic mass is 10.2. The highest BCUT2D eigenvalue weighted by molar-refractivity contribution is 5.99. The fraction of sp³-hybridized carbons (Fsp3) is 0.476. The first kappa shape index (κ1) is 18.2. The van der Waals surface area contributed by atoms with Gasteiger partial charge < -0.3 is 19.2 Å². The molecule has 1 N–H and O–H groups in total. The fourth-order valence-electron chi connectivity index (χ4n) is 4.62. The number of benzene rings is 1. The molecule has 2 aliphatic heterocycles. The van der Waals surface area contributed by atoms with Crippen molar-refractivity contribution in [2.45, 2.75) is 31.8 Å². The second-order valence-corrected chi connectivity index (χ2v) is 7.91. The Morgan fingerprint density at radius 1 is 1.21 bits per heavy atom. The van der Waals surface area contributed by atoms with Crippen LogP contribution in [0, 0.1) is 0 Å². The maximum absolute atomic E-state index is 13.2. The molecule has 1 saturated heterocycles. The van der Waals surface area contributed by atoms with Gasteiger partial charge in [-0.15, -0.1) is 10.2 Å². The summed E-state index contributed by atoms with van der Waals surface area (Å²) in [5, 5.41) is 9.87. The van der Waals surface area contributed by atoms with E-state index in [2.05, 4.69) is 31.7 Å². The number of H-pyrrole nitrogens is 1. The third kappa shape index (κ3) is 3.07. The number of nitrogens with one attached hydrogen (secondary N) is 1. The van der Waals surface area contributed by atoms with Crippen LogP contribution in [-0.4, -0.2) is 69.2 Å². The summed E-state index contributed by atoms with van der Waals surface area (Å²) >= 11 is 0. The standard InChI is InChI=1S/C21H26N6O2/c1-25-9-4-6-17(25)20-24-23-19-8-10-26(11-12-27(19)20)21(28)16-13-14-15(22-16)5-3-7-18(14)29-2/h3,5,7,13,17,22H,4,6,8-12H2,1-2H3/t17-/m1/s1. The Kier molecular flexibility index (Phi) is 4.50. The van der Waals surface area contributed by atoms with Crippen molar-refractivity contribution in [3.05, 3.63) is 41.6 Å². The topological polar surface area (TPSA) is 79.3 Å². The minimum atomic E-state index is 0.0153. The number of rotatable bonds is 3. The first-order valence-electron chi connectivity index (χ1n) is 10.2. The van der Waals surface area contributed by atoms with Crippen molar-refractivity contribution in [3.63, 3.8) is 0 Å². The SMILES string of the molecule is COc1cccc2[nH]c(C(=O)N3CCc4nnc([C@H]5CCCN5C)n4CC3)cc12. The Bertz CT molecular complexity index is 1050. The summed E-state index contributed by atoms with van der Waals surface area (Å²) < 4.78 is 7.65. The van der Waals surface area contributed by atoms with E-state index in [0.29, 0.717) is 24.8 Å². The molecule has 0 saturated carbocycles. The molecule has 29 heavy (non-hydrogen) atoms. The number of amides is 1. The van der Waals surface area contributed by atoms with Gasteiger partial charge in [0, 0.05) is 37.0 Å². The highest BCUT2D eigenvalue weighted by Gasteiger charge is 2.30. The number of methoxy groups -OCH3 is 1. The number of fused-ring (bicyclic) bond motifs is 2. The smallest absolute Gasteiger partial charge is 0.270 e. The maximum atomic E-state index is 13.2. The van der Waals surface area contributed by atoms with Crippen LogP contribution >= 0.6 is 0 Å². The van der Waals surface area contributed by atoms with E-state index in [1.807, 2.05) is 29.2 Å². The van der Waals surface area contributed by atoms with Crippen molar-refractivity contribution in [3.8, 4) is 5.75 Å². The Morgan fingerprint density at radius 3 is 2.90 bits per heavy atom. The molecule has 152 valence electrons. The molecule has 3 aromatic rings. The maximum Gasteiger partial charge on any atom is 0.270 e. The van der Waals surface area contributed by atoms with Gasteiger partial charge in [0.25, 0.3) is 5.91 Å². The first-order valence-corrected chi connectivity index (χ1v) is 10.2. The van der Waals surface area contributed by atoms with Crippen LogP contribution in [-0.2, 0) is 13.0 Å². The van der Waals surface area contributed by atoms with Crippen molar-refractivity contribution in [2.24, 2.45) is 0 Å². The molecule has 8 heteroatoms. The molecule has 8 nitrogen and oxygen atoms in total. The molecular formula is C21H26N6O2. The minimum Gasteiger partial charge on any atom is -0.496 e. The van der Waals surface area contributed by atoms with E-state index in [9.17, 15) is 4.79 Å². The summed E-state index contributed by atoms with van der Waals surface area (Å²) in [6.07, 6.45) is 3.03. The van der Waals surface area contributed by atoms with Gasteiger partial charge in [0.15, 0.2) is 0 Å². The molecule has 5 rings (SSSR count). The second-order valence-electron chi connectivity index (χ2n) is 7.91. The van der Waals surface area contributed by atoms with Crippen molar-refractivity contribution >= 4 is 16.8 Å². The lowest BCUT2D eigenvalue weighted by Gasteiger charge is -2.21. The molecule has 0 spiro atoms. The Hall–Kier alpha value is -2.87. The van der Waals surface area contributed by atoms with Gasteiger partial charge in [-0.25, -0.2) is 0 Å². The van der Waals surface area contributed by atoms with Crippen molar-refractivity contribution in [2.75, 3.05) is 33.8 Å². The predicted octanol–water partition coefficient (Wildman–Crippen LogP) is 2.23. The predicted molar refractivity (Wildman–Crippen MR) is 109 cm³/mol. The molecule has 0 aliphatic carbocycles. The number of nitrogens with zero attached hydrogens (tertiary/aromatic N) is 5. The summed E-state index contributed by atoms with van der Waals surface area (Å²) in [7, 11) is 3.79. The molecule has 0 unspecified atom stereocenters. The first-order chi connectivity index (χ1) is 14.2. The molecule has 1 fully saturated rings. The van der Waals surface area contributed by atoms with Crippen LogP contribution < -0.4 is 4.74 Å². The van der Waals surface area contributed by atoms with E-state index in [0.717, 1.165) is 54.2 Å². The quantitative estimate of drug-likeness (QED) is 0.737. The van der Waals surface area contributed by atoms with E-state index in [1.165, 1.54) is 6.42 Å². The normalized spacial score (nSPS) is 20.1. The molecule has 0 bridgehead atoms. The van der Waals surface area contributed by atoms with Crippen molar-refractivity contribution < 1.29 is 9.53 Å². The van der Waals surface area contributed by atoms with Gasteiger partial charge >= 0.3 is 0 Å². The van der Waals surface area contributed by atoms with Gasteiger partial charge in [-0.1, -0.05) is 6.07 Å². The van der Waals surface area contributed by atoms with Gasteiger partial charge in [-0.2, -0.15) is 0 Å². The van der Waals surface area contributed by atoms with Crippen LogP contribution in [0.3, 0.4) is 0 Å². The van der Waals surface area contributed by atoms with E-state index < -0.39 is 0 Å². The zero-order chi connectivity index (χ0) is 20.0. The molecule has 0 radical (unpaired) electrons. The zero-order valence-corrected chi connectivity index (χ0v) is 16.9. The summed E-state index contributed by atoms with van der Waals surface area (Å²) in [5.74, 6) is 2.81. The number of carbonyl (C=O) groups excluding carboxylic acids is 1. The van der Waals surface area contributed by atoms with Gasteiger partial charge in [0.05, 0.1) is 13.2 Å². The number of hydrogen-bond donors (Lipinski definition) is 1. The average Bonchev–Trinajstić information content (AvgIpc) is 3.42. The monoisotopic (exact) mass is 394 g/mol. The van der Waals surface area contributed by atoms with Gasteiger partial charge in [0.1, 0.15) is 23.1 Å². The number of carbonyl (C=O) groups is 1. The number of aromatic amines is 1. The number of hydrogen-bond acceptors (Lipinski definition) is 5. The van der Waals surface area contributed by atoms with Gasteiger partial charge in [0.2, 0.25) is 0 Å². The molecule has 1 amide bonds. The summed E-state index contributed by atoms with van der Waals surface area (Å²) in [6.45, 7) is 3.13. The number of ether oxygens (including phenoxy) is 1. The third-order valence-corrected chi connectivity index (χ3v) is 6.24. The van der Waals surface area contributed by atoms with Gasteiger partial charge in [-0.05, 0) is 44.6 Å². The average molecular weight is 394 g/mol. The van der Waals surface area contributed by atoms with E-state index in [-0.39, 0.29) is 5.91 Å². The summed E-state index contributed by atoms with van der Waals surface area (Å²) in [5.41, 5.74) is 1.50. The van der Waals surface area contributed by atoms with Gasteiger partial charge in [-0.3, -0.25) is 9.69 Å². The lowest BCUT2D eigenvalue weighted by molar-refractivity contribution is 0.0753. The van der Waals surface area contributed by atoms with Crippen LogP contribution in [0.5, 0.6) is 5.75 Å². The van der Waals surface area contributed by atoms with Crippen LogP contribution in [0.4, 0.5) is 0 Å². The van der Waals surface area contributed by atoms with E-state index in [1.54, 1.807) is 7.11 Å². The Balaban J connectivity index is 1.37. The third-order valence-electron chi connectivity index (χ3n) is 6.24. The van der Waals surface area contributed by atoms with Crippen molar-refractivity contribution in [1.29, 1.82) is 0 Å². The molecule has 1 aromatic carbocycles. The molecule has 2 aromatic heterocycles. The Labute approximate surface area is 169 Å². The van der Waals surface area contributed by atoms with E-state index in [4.69, 9.17) is 4.74 Å². The van der Waals surface area contributed by atoms with E-state index >= 15 is 0 Å². The number of aromatic nitrogens is 4. The molecule has 2 aliphatic rings. The second kappa shape index (κ2) is 7.18. The minimum absolute atomic E-state index is 0.0153. The van der Waals surface area contributed by atoms with Crippen LogP contribution in [0.2, 0.25) is 0 Å². The largest absolute Gasteiger partial charge is 0.496 e. The lowest BCUT2D eigenvalue weighted by Crippen LogP contribution is -2.34. The highest BCUT2D eigenvalue weighted by atomic mass is 16.5. The molecule has 1 atom stereocenters. The summed E-state index contributed by atoms with van der Waals surface area (Å²) in [6, 6.07) is 8.01. The van der Waals surface area contributed by atoms with Crippen LogP contribution in [0.1, 0.15) is 41.0 Å². The Morgan fingerprint density at radius 2 is 2.10 bits per heavy atom. The number of likely N-dealkylation sites (tertiary alicyclic amines) is 1. The fourth-order valence-corrected chi connectivity index (χ4v) is 4.62. The van der Waals surface area contributed by atoms with Crippen LogP contribution in [0.25, 0.3) is 10.9 Å². The zero-order valence-electron chi connectivity index (χ0n) is 16.9. The highest BCUT2D eigenvalue weighted by Crippen LogP contribution is 2.30.